The maximum Gasteiger partial charge on any atom is 0.257 e. The van der Waals surface area contributed by atoms with E-state index in [1.165, 1.54) is 23.6 Å². The summed E-state index contributed by atoms with van der Waals surface area (Å²) >= 11 is 1.39. The number of aromatic nitrogens is 2. The average molecular weight is 234 g/mol. The summed E-state index contributed by atoms with van der Waals surface area (Å²) in [4.78, 5) is 19.7. The van der Waals surface area contributed by atoms with E-state index in [1.54, 1.807) is 6.07 Å². The Hall–Kier alpha value is -1.95. The van der Waals surface area contributed by atoms with Crippen molar-refractivity contribution in [2.45, 2.75) is 6.92 Å². The van der Waals surface area contributed by atoms with Crippen LogP contribution in [0.4, 0.5) is 10.9 Å². The highest BCUT2D eigenvalue weighted by Gasteiger charge is 2.08. The first kappa shape index (κ1) is 10.6. The van der Waals surface area contributed by atoms with Gasteiger partial charge in [0.1, 0.15) is 5.82 Å². The van der Waals surface area contributed by atoms with Gasteiger partial charge in [0.25, 0.3) is 5.91 Å². The van der Waals surface area contributed by atoms with Crippen LogP contribution >= 0.6 is 11.3 Å². The maximum absolute atomic E-state index is 11.7. The molecule has 0 saturated heterocycles. The van der Waals surface area contributed by atoms with E-state index in [0.29, 0.717) is 16.5 Å². The summed E-state index contributed by atoms with van der Waals surface area (Å²) in [6.07, 6.45) is 1.50. The van der Waals surface area contributed by atoms with Crippen molar-refractivity contribution in [2.75, 3.05) is 11.1 Å². The van der Waals surface area contributed by atoms with E-state index < -0.39 is 0 Å². The number of nitrogens with one attached hydrogen (secondary N) is 1. The molecule has 6 heteroatoms. The van der Waals surface area contributed by atoms with Crippen molar-refractivity contribution in [3.05, 3.63) is 35.0 Å². The number of thiazole rings is 1. The number of pyridine rings is 1. The number of aryl methyl sites for hydroxylation is 1. The topological polar surface area (TPSA) is 80.9 Å². The van der Waals surface area contributed by atoms with E-state index >= 15 is 0 Å². The molecule has 0 fully saturated rings. The van der Waals surface area contributed by atoms with Crippen molar-refractivity contribution >= 4 is 28.2 Å². The van der Waals surface area contributed by atoms with Crippen LogP contribution in [0.25, 0.3) is 0 Å². The van der Waals surface area contributed by atoms with E-state index in [4.69, 9.17) is 5.73 Å². The lowest BCUT2D eigenvalue weighted by Gasteiger charge is -2.01. The van der Waals surface area contributed by atoms with Crippen LogP contribution in [0, 0.1) is 6.92 Å². The first-order valence-corrected chi connectivity index (χ1v) is 5.48. The van der Waals surface area contributed by atoms with Gasteiger partial charge in [-0.1, -0.05) is 0 Å². The third-order valence-electron chi connectivity index (χ3n) is 1.88. The molecule has 0 saturated carbocycles. The van der Waals surface area contributed by atoms with Crippen LogP contribution in [-0.2, 0) is 0 Å². The Labute approximate surface area is 96.3 Å². The summed E-state index contributed by atoms with van der Waals surface area (Å²) in [6, 6.07) is 3.13. The van der Waals surface area contributed by atoms with Gasteiger partial charge in [-0.3, -0.25) is 10.1 Å². The summed E-state index contributed by atoms with van der Waals surface area (Å²) < 4.78 is 0. The fraction of sp³-hybridized carbons (Fsp3) is 0.100. The van der Waals surface area contributed by atoms with Crippen molar-refractivity contribution in [3.63, 3.8) is 0 Å². The van der Waals surface area contributed by atoms with E-state index in [1.807, 2.05) is 12.3 Å². The quantitative estimate of drug-likeness (QED) is 0.828. The van der Waals surface area contributed by atoms with Crippen molar-refractivity contribution in [1.82, 2.24) is 9.97 Å². The van der Waals surface area contributed by atoms with Crippen LogP contribution in [0.1, 0.15) is 16.1 Å². The predicted octanol–water partition coefficient (Wildman–Crippen LogP) is 1.68. The second kappa shape index (κ2) is 4.28. The lowest BCUT2D eigenvalue weighted by Crippen LogP contribution is -2.12. The molecule has 2 aromatic rings. The number of anilines is 2. The molecular weight excluding hydrogens is 224 g/mol. The van der Waals surface area contributed by atoms with Crippen molar-refractivity contribution < 1.29 is 4.79 Å². The molecule has 1 amide bonds. The molecule has 0 atom stereocenters. The number of hydrogen-bond acceptors (Lipinski definition) is 5. The van der Waals surface area contributed by atoms with Crippen LogP contribution in [0.2, 0.25) is 0 Å². The second-order valence-corrected chi connectivity index (χ2v) is 4.08. The highest BCUT2D eigenvalue weighted by molar-refractivity contribution is 7.13. The van der Waals surface area contributed by atoms with Gasteiger partial charge in [-0.05, 0) is 19.1 Å². The molecule has 2 rings (SSSR count). The molecule has 3 N–H and O–H groups in total. The van der Waals surface area contributed by atoms with Gasteiger partial charge in [-0.15, -0.1) is 11.3 Å². The summed E-state index contributed by atoms with van der Waals surface area (Å²) in [5.41, 5.74) is 6.85. The van der Waals surface area contributed by atoms with Gasteiger partial charge in [-0.25, -0.2) is 9.97 Å². The van der Waals surface area contributed by atoms with Gasteiger partial charge in [0.15, 0.2) is 5.13 Å². The van der Waals surface area contributed by atoms with Crippen LogP contribution in [0.3, 0.4) is 0 Å². The number of rotatable bonds is 2. The molecule has 2 aromatic heterocycles. The summed E-state index contributed by atoms with van der Waals surface area (Å²) in [5.74, 6) is 0.0893. The van der Waals surface area contributed by atoms with Crippen molar-refractivity contribution in [2.24, 2.45) is 0 Å². The second-order valence-electron chi connectivity index (χ2n) is 3.22. The fourth-order valence-corrected chi connectivity index (χ4v) is 1.85. The number of carbonyl (C=O) groups is 1. The normalized spacial score (nSPS) is 10.1. The zero-order chi connectivity index (χ0) is 11.5. The molecule has 0 radical (unpaired) electrons. The average Bonchev–Trinajstić information content (AvgIpc) is 2.64. The molecule has 2 heterocycles. The van der Waals surface area contributed by atoms with Gasteiger partial charge in [0.05, 0.1) is 5.69 Å². The minimum absolute atomic E-state index is 0.233. The highest BCUT2D eigenvalue weighted by Crippen LogP contribution is 2.15. The number of amides is 1. The number of nitrogens with two attached hydrogens (primary N) is 1. The first-order chi connectivity index (χ1) is 7.65. The molecule has 0 aromatic carbocycles. The third-order valence-corrected chi connectivity index (χ3v) is 2.76. The molecule has 82 valence electrons. The number of carbonyl (C=O) groups excluding carboxylic acids is 1. The maximum atomic E-state index is 11.7. The Morgan fingerprint density at radius 1 is 1.56 bits per heavy atom. The molecule has 0 aliphatic carbocycles. The predicted molar refractivity (Wildman–Crippen MR) is 63.5 cm³/mol. The Morgan fingerprint density at radius 3 is 3.00 bits per heavy atom. The van der Waals surface area contributed by atoms with Gasteiger partial charge in [0, 0.05) is 17.1 Å². The zero-order valence-corrected chi connectivity index (χ0v) is 9.41. The molecule has 0 spiro atoms. The smallest absolute Gasteiger partial charge is 0.257 e. The summed E-state index contributed by atoms with van der Waals surface area (Å²) in [5, 5.41) is 5.14. The Balaban J connectivity index is 2.14. The van der Waals surface area contributed by atoms with Crippen molar-refractivity contribution in [3.8, 4) is 0 Å². The summed E-state index contributed by atoms with van der Waals surface area (Å²) in [7, 11) is 0. The van der Waals surface area contributed by atoms with Gasteiger partial charge < -0.3 is 5.73 Å². The van der Waals surface area contributed by atoms with Crippen LogP contribution < -0.4 is 11.1 Å². The number of nitrogen functional groups attached to an aromatic ring is 1. The van der Waals surface area contributed by atoms with Gasteiger partial charge >= 0.3 is 0 Å². The van der Waals surface area contributed by atoms with E-state index in [0.717, 1.165) is 5.69 Å². The Morgan fingerprint density at radius 2 is 2.38 bits per heavy atom. The van der Waals surface area contributed by atoms with Gasteiger partial charge in [0.2, 0.25) is 0 Å². The lowest BCUT2D eigenvalue weighted by atomic mass is 10.2. The lowest BCUT2D eigenvalue weighted by molar-refractivity contribution is 0.102. The third kappa shape index (κ3) is 2.34. The molecule has 16 heavy (non-hydrogen) atoms. The molecule has 5 nitrogen and oxygen atoms in total. The van der Waals surface area contributed by atoms with E-state index in [-0.39, 0.29) is 5.91 Å². The van der Waals surface area contributed by atoms with E-state index in [9.17, 15) is 4.79 Å². The standard InChI is InChI=1S/C10H10N4OS/c1-6-5-16-10(13-6)14-9(15)7-2-3-12-8(11)4-7/h2-5H,1H3,(H2,11,12)(H,13,14,15). The van der Waals surface area contributed by atoms with Crippen LogP contribution in [0.15, 0.2) is 23.7 Å². The first-order valence-electron chi connectivity index (χ1n) is 4.60. The molecular formula is C10H10N4OS. The zero-order valence-electron chi connectivity index (χ0n) is 8.60. The van der Waals surface area contributed by atoms with Crippen molar-refractivity contribution in [1.29, 1.82) is 0 Å². The largest absolute Gasteiger partial charge is 0.384 e. The van der Waals surface area contributed by atoms with Crippen LogP contribution in [-0.4, -0.2) is 15.9 Å². The molecule has 0 aliphatic rings. The number of hydrogen-bond donors (Lipinski definition) is 2. The monoisotopic (exact) mass is 234 g/mol. The number of nitrogens with zero attached hydrogens (tertiary/aromatic N) is 2. The molecule has 0 aliphatic heterocycles. The van der Waals surface area contributed by atoms with E-state index in [2.05, 4.69) is 15.3 Å². The van der Waals surface area contributed by atoms with Crippen LogP contribution in [0.5, 0.6) is 0 Å². The molecule has 0 bridgehead atoms. The van der Waals surface area contributed by atoms with Gasteiger partial charge in [-0.2, -0.15) is 0 Å². The summed E-state index contributed by atoms with van der Waals surface area (Å²) in [6.45, 7) is 1.87. The minimum Gasteiger partial charge on any atom is -0.384 e. The minimum atomic E-state index is -0.233. The Bertz CT molecular complexity index is 523. The fourth-order valence-electron chi connectivity index (χ4n) is 1.17. The highest BCUT2D eigenvalue weighted by atomic mass is 32.1. The SMILES string of the molecule is Cc1csc(NC(=O)c2ccnc(N)c2)n1. The Kier molecular flexibility index (Phi) is 2.82. The molecule has 0 unspecified atom stereocenters.